The molecule has 1 N–H and O–H groups in total. The Morgan fingerprint density at radius 1 is 0.800 bits per heavy atom. The minimum atomic E-state index is -0.676. The fraction of sp³-hybridized carbons (Fsp3) is 0.722. The van der Waals surface area contributed by atoms with Crippen molar-refractivity contribution >= 4 is 5.97 Å². The van der Waals surface area contributed by atoms with E-state index in [9.17, 15) is 4.79 Å². The van der Waals surface area contributed by atoms with Gasteiger partial charge in [0.1, 0.15) is 0 Å². The molecule has 0 heterocycles. The number of carboxylic acids is 1. The van der Waals surface area contributed by atoms with E-state index in [0.717, 1.165) is 25.7 Å². The summed E-state index contributed by atoms with van der Waals surface area (Å²) in [5.74, 6) is -0.676. The van der Waals surface area contributed by atoms with Gasteiger partial charge >= 0.3 is 5.97 Å². The van der Waals surface area contributed by atoms with Gasteiger partial charge < -0.3 is 5.11 Å². The van der Waals surface area contributed by atoms with Crippen molar-refractivity contribution in [3.8, 4) is 0 Å². The Morgan fingerprint density at radius 2 is 1.30 bits per heavy atom. The molecule has 20 heavy (non-hydrogen) atoms. The summed E-state index contributed by atoms with van der Waals surface area (Å²) in [5, 5.41) is 8.50. The molecule has 0 unspecified atom stereocenters. The number of hydrogen-bond donors (Lipinski definition) is 1. The molecule has 0 aromatic rings. The number of allylic oxidation sites excluding steroid dienone is 4. The topological polar surface area (TPSA) is 37.3 Å². The van der Waals surface area contributed by atoms with Crippen molar-refractivity contribution in [3.05, 3.63) is 24.3 Å². The van der Waals surface area contributed by atoms with Crippen molar-refractivity contribution in [1.29, 1.82) is 0 Å². The van der Waals surface area contributed by atoms with E-state index >= 15 is 0 Å². The van der Waals surface area contributed by atoms with E-state index < -0.39 is 5.97 Å². The van der Waals surface area contributed by atoms with Gasteiger partial charge in [0, 0.05) is 6.42 Å². The SMILES string of the molecule is CCCCCCC/C=C/C=CCCCCCCC(=O)O. The normalized spacial score (nSPS) is 11.7. The summed E-state index contributed by atoms with van der Waals surface area (Å²) in [6.45, 7) is 2.25. The highest BCUT2D eigenvalue weighted by Crippen LogP contribution is 2.07. The van der Waals surface area contributed by atoms with Gasteiger partial charge in [-0.15, -0.1) is 0 Å². The van der Waals surface area contributed by atoms with Crippen LogP contribution >= 0.6 is 0 Å². The summed E-state index contributed by atoms with van der Waals surface area (Å²) in [7, 11) is 0. The quantitative estimate of drug-likeness (QED) is 0.318. The van der Waals surface area contributed by atoms with Crippen LogP contribution in [-0.4, -0.2) is 11.1 Å². The number of carboxylic acid groups (broad SMARTS) is 1. The van der Waals surface area contributed by atoms with Crippen LogP contribution < -0.4 is 0 Å². The molecule has 0 aromatic carbocycles. The van der Waals surface area contributed by atoms with Gasteiger partial charge in [-0.25, -0.2) is 0 Å². The van der Waals surface area contributed by atoms with E-state index in [1.54, 1.807) is 0 Å². The first-order valence-corrected chi connectivity index (χ1v) is 8.30. The van der Waals surface area contributed by atoms with Gasteiger partial charge in [0.05, 0.1) is 0 Å². The number of hydrogen-bond acceptors (Lipinski definition) is 1. The number of carbonyl (C=O) groups is 1. The molecule has 0 radical (unpaired) electrons. The van der Waals surface area contributed by atoms with Crippen LogP contribution in [0.2, 0.25) is 0 Å². The van der Waals surface area contributed by atoms with Gasteiger partial charge in [0.25, 0.3) is 0 Å². The maximum absolute atomic E-state index is 10.3. The van der Waals surface area contributed by atoms with Crippen LogP contribution in [0.3, 0.4) is 0 Å². The molecule has 0 bridgehead atoms. The van der Waals surface area contributed by atoms with Crippen LogP contribution in [0.15, 0.2) is 24.3 Å². The zero-order valence-corrected chi connectivity index (χ0v) is 13.2. The maximum atomic E-state index is 10.3. The minimum Gasteiger partial charge on any atom is -0.481 e. The molecule has 0 aliphatic carbocycles. The van der Waals surface area contributed by atoms with Gasteiger partial charge in [0.2, 0.25) is 0 Å². The van der Waals surface area contributed by atoms with Crippen molar-refractivity contribution < 1.29 is 9.90 Å². The second-order valence-electron chi connectivity index (χ2n) is 5.41. The van der Waals surface area contributed by atoms with Gasteiger partial charge in [-0.2, -0.15) is 0 Å². The van der Waals surface area contributed by atoms with Crippen molar-refractivity contribution in [2.75, 3.05) is 0 Å². The molecule has 0 atom stereocenters. The smallest absolute Gasteiger partial charge is 0.303 e. The molecule has 0 rings (SSSR count). The van der Waals surface area contributed by atoms with Gasteiger partial charge in [0.15, 0.2) is 0 Å². The monoisotopic (exact) mass is 280 g/mol. The molecule has 2 nitrogen and oxygen atoms in total. The molecular formula is C18H32O2. The van der Waals surface area contributed by atoms with Gasteiger partial charge in [-0.3, -0.25) is 4.79 Å². The summed E-state index contributed by atoms with van der Waals surface area (Å²) < 4.78 is 0. The Balaban J connectivity index is 3.20. The Kier molecular flexibility index (Phi) is 15.2. The molecule has 0 fully saturated rings. The van der Waals surface area contributed by atoms with Crippen molar-refractivity contribution in [3.63, 3.8) is 0 Å². The Hall–Kier alpha value is -1.05. The summed E-state index contributed by atoms with van der Waals surface area (Å²) >= 11 is 0. The molecule has 0 aliphatic heterocycles. The van der Waals surface area contributed by atoms with Gasteiger partial charge in [-0.05, 0) is 32.1 Å². The largest absolute Gasteiger partial charge is 0.481 e. The van der Waals surface area contributed by atoms with Crippen LogP contribution in [0, 0.1) is 0 Å². The maximum Gasteiger partial charge on any atom is 0.303 e. The molecular weight excluding hydrogens is 248 g/mol. The molecule has 116 valence electrons. The zero-order chi connectivity index (χ0) is 14.9. The summed E-state index contributed by atoms with van der Waals surface area (Å²) in [5.41, 5.74) is 0. The highest BCUT2D eigenvalue weighted by Gasteiger charge is 1.95. The average molecular weight is 280 g/mol. The predicted octanol–water partition coefficient (Wildman–Crippen LogP) is 5.88. The highest BCUT2D eigenvalue weighted by atomic mass is 16.4. The second-order valence-corrected chi connectivity index (χ2v) is 5.41. The third-order valence-corrected chi connectivity index (χ3v) is 3.37. The van der Waals surface area contributed by atoms with Crippen LogP contribution in [0.4, 0.5) is 0 Å². The lowest BCUT2D eigenvalue weighted by atomic mass is 10.1. The Morgan fingerprint density at radius 3 is 1.80 bits per heavy atom. The third-order valence-electron chi connectivity index (χ3n) is 3.37. The Bertz CT molecular complexity index is 267. The van der Waals surface area contributed by atoms with E-state index in [1.165, 1.54) is 44.9 Å². The van der Waals surface area contributed by atoms with Crippen LogP contribution in [0.25, 0.3) is 0 Å². The standard InChI is InChI=1S/C18H32O2/c1-2-3-4-5-6-7-8-9-10-11-12-13-14-15-16-17-18(19)20/h8-11H,2-7,12-17H2,1H3,(H,19,20)/b9-8+,11-10?. The lowest BCUT2D eigenvalue weighted by Crippen LogP contribution is -1.93. The molecule has 0 spiro atoms. The van der Waals surface area contributed by atoms with Crippen LogP contribution in [0.1, 0.15) is 84.0 Å². The fourth-order valence-corrected chi connectivity index (χ4v) is 2.11. The van der Waals surface area contributed by atoms with E-state index in [2.05, 4.69) is 31.2 Å². The van der Waals surface area contributed by atoms with E-state index in [4.69, 9.17) is 5.11 Å². The molecule has 0 saturated heterocycles. The first kappa shape index (κ1) is 18.9. The summed E-state index contributed by atoms with van der Waals surface area (Å²) in [6, 6.07) is 0. The lowest BCUT2D eigenvalue weighted by molar-refractivity contribution is -0.137. The highest BCUT2D eigenvalue weighted by molar-refractivity contribution is 5.66. The van der Waals surface area contributed by atoms with Crippen molar-refractivity contribution in [2.24, 2.45) is 0 Å². The first-order chi connectivity index (χ1) is 9.77. The lowest BCUT2D eigenvalue weighted by Gasteiger charge is -1.96. The first-order valence-electron chi connectivity index (χ1n) is 8.30. The summed E-state index contributed by atoms with van der Waals surface area (Å²) in [4.78, 5) is 10.3. The molecule has 0 saturated carbocycles. The zero-order valence-electron chi connectivity index (χ0n) is 13.2. The van der Waals surface area contributed by atoms with E-state index in [-0.39, 0.29) is 0 Å². The number of aliphatic carboxylic acids is 1. The summed E-state index contributed by atoms with van der Waals surface area (Å²) in [6.07, 6.45) is 22.3. The minimum absolute atomic E-state index is 0.316. The van der Waals surface area contributed by atoms with Gasteiger partial charge in [-0.1, -0.05) is 69.8 Å². The van der Waals surface area contributed by atoms with Crippen LogP contribution in [-0.2, 0) is 4.79 Å². The number of rotatable bonds is 14. The average Bonchev–Trinajstić information content (AvgIpc) is 2.43. The van der Waals surface area contributed by atoms with Crippen LogP contribution in [0.5, 0.6) is 0 Å². The third kappa shape index (κ3) is 16.9. The van der Waals surface area contributed by atoms with Crippen molar-refractivity contribution in [1.82, 2.24) is 0 Å². The number of unbranched alkanes of at least 4 members (excludes halogenated alkanes) is 9. The second kappa shape index (κ2) is 16.0. The van der Waals surface area contributed by atoms with E-state index in [1.807, 2.05) is 0 Å². The Labute approximate surface area is 125 Å². The van der Waals surface area contributed by atoms with Crippen molar-refractivity contribution in [2.45, 2.75) is 84.0 Å². The fourth-order valence-electron chi connectivity index (χ4n) is 2.11. The van der Waals surface area contributed by atoms with E-state index in [0.29, 0.717) is 6.42 Å². The molecule has 0 aliphatic rings. The molecule has 0 amide bonds. The molecule has 0 aromatic heterocycles. The predicted molar refractivity (Wildman–Crippen MR) is 87.0 cm³/mol. The molecule has 2 heteroatoms.